The van der Waals surface area contributed by atoms with Crippen molar-refractivity contribution < 1.29 is 4.79 Å². The summed E-state index contributed by atoms with van der Waals surface area (Å²) in [7, 11) is 0. The highest BCUT2D eigenvalue weighted by Crippen LogP contribution is 2.24. The summed E-state index contributed by atoms with van der Waals surface area (Å²) in [4.78, 5) is 14.5. The van der Waals surface area contributed by atoms with Gasteiger partial charge in [-0.3, -0.25) is 4.79 Å². The smallest absolute Gasteiger partial charge is 0.276 e. The van der Waals surface area contributed by atoms with Crippen molar-refractivity contribution in [3.63, 3.8) is 0 Å². The Morgan fingerprint density at radius 3 is 2.35 bits per heavy atom. The Morgan fingerprint density at radius 2 is 1.78 bits per heavy atom. The molecule has 0 unspecified atom stereocenters. The molecule has 0 saturated heterocycles. The van der Waals surface area contributed by atoms with Crippen LogP contribution in [0.15, 0.2) is 36.4 Å². The van der Waals surface area contributed by atoms with Crippen molar-refractivity contribution in [3.05, 3.63) is 47.7 Å². The van der Waals surface area contributed by atoms with Crippen LogP contribution in [0.2, 0.25) is 0 Å². The molecule has 1 heterocycles. The molecule has 1 aromatic carbocycles. The zero-order valence-electron chi connectivity index (χ0n) is 14.2. The average Bonchev–Trinajstić information content (AvgIpc) is 2.57. The van der Waals surface area contributed by atoms with Crippen molar-refractivity contribution in [2.45, 2.75) is 33.6 Å². The van der Waals surface area contributed by atoms with E-state index in [1.165, 1.54) is 0 Å². The maximum absolute atomic E-state index is 12.4. The van der Waals surface area contributed by atoms with Crippen LogP contribution in [-0.2, 0) is 0 Å². The first kappa shape index (κ1) is 16.9. The van der Waals surface area contributed by atoms with E-state index in [4.69, 9.17) is 0 Å². The van der Waals surface area contributed by atoms with Crippen molar-refractivity contribution in [2.24, 2.45) is 0 Å². The van der Waals surface area contributed by atoms with Gasteiger partial charge < -0.3 is 10.2 Å². The molecule has 0 bridgehead atoms. The van der Waals surface area contributed by atoms with Gasteiger partial charge in [-0.1, -0.05) is 32.0 Å². The Morgan fingerprint density at radius 1 is 1.09 bits per heavy atom. The zero-order chi connectivity index (χ0) is 16.8. The topological polar surface area (TPSA) is 58.1 Å². The number of benzene rings is 1. The largest absolute Gasteiger partial charge is 0.356 e. The number of nitrogens with one attached hydrogen (secondary N) is 1. The molecule has 23 heavy (non-hydrogen) atoms. The van der Waals surface area contributed by atoms with E-state index in [9.17, 15) is 4.79 Å². The number of para-hydroxylation sites is 1. The Bertz CT molecular complexity index is 648. The first-order chi connectivity index (χ1) is 11.1. The van der Waals surface area contributed by atoms with Crippen molar-refractivity contribution in [1.29, 1.82) is 0 Å². The molecule has 2 rings (SSSR count). The van der Waals surface area contributed by atoms with E-state index in [-0.39, 0.29) is 5.91 Å². The highest BCUT2D eigenvalue weighted by molar-refractivity contribution is 6.03. The number of hydrogen-bond acceptors (Lipinski definition) is 4. The average molecular weight is 312 g/mol. The van der Waals surface area contributed by atoms with E-state index < -0.39 is 0 Å². The third-order valence-corrected chi connectivity index (χ3v) is 3.80. The van der Waals surface area contributed by atoms with Gasteiger partial charge in [0.05, 0.1) is 0 Å². The van der Waals surface area contributed by atoms with Crippen LogP contribution in [0.1, 0.15) is 49.7 Å². The lowest BCUT2D eigenvalue weighted by molar-refractivity contribution is 0.102. The van der Waals surface area contributed by atoms with Gasteiger partial charge in [0.1, 0.15) is 0 Å². The molecule has 1 amide bonds. The number of anilines is 2. The number of rotatable bonds is 6. The number of amides is 1. The maximum Gasteiger partial charge on any atom is 0.276 e. The highest BCUT2D eigenvalue weighted by atomic mass is 16.1. The van der Waals surface area contributed by atoms with Gasteiger partial charge in [0.15, 0.2) is 11.5 Å². The van der Waals surface area contributed by atoms with Crippen LogP contribution in [0.25, 0.3) is 0 Å². The van der Waals surface area contributed by atoms with Crippen LogP contribution in [0, 0.1) is 0 Å². The fraction of sp³-hybridized carbons (Fsp3) is 0.389. The van der Waals surface area contributed by atoms with Crippen LogP contribution in [0.4, 0.5) is 11.5 Å². The molecule has 0 aliphatic rings. The summed E-state index contributed by atoms with van der Waals surface area (Å²) in [5.74, 6) is 0.883. The molecule has 122 valence electrons. The van der Waals surface area contributed by atoms with Crippen molar-refractivity contribution in [2.75, 3.05) is 23.3 Å². The van der Waals surface area contributed by atoms with Gasteiger partial charge >= 0.3 is 0 Å². The third kappa shape index (κ3) is 4.06. The lowest BCUT2D eigenvalue weighted by Gasteiger charge is -2.18. The molecule has 0 saturated carbocycles. The van der Waals surface area contributed by atoms with E-state index in [0.29, 0.717) is 11.6 Å². The molecule has 2 aromatic rings. The Kier molecular flexibility index (Phi) is 5.68. The van der Waals surface area contributed by atoms with Crippen LogP contribution in [0.5, 0.6) is 0 Å². The fourth-order valence-corrected chi connectivity index (χ4v) is 2.46. The van der Waals surface area contributed by atoms with Gasteiger partial charge in [-0.15, -0.1) is 10.2 Å². The van der Waals surface area contributed by atoms with Gasteiger partial charge in [0.25, 0.3) is 5.91 Å². The highest BCUT2D eigenvalue weighted by Gasteiger charge is 2.13. The fourth-order valence-electron chi connectivity index (χ4n) is 2.46. The molecule has 1 aromatic heterocycles. The first-order valence-corrected chi connectivity index (χ1v) is 8.05. The molecule has 0 radical (unpaired) electrons. The summed E-state index contributed by atoms with van der Waals surface area (Å²) < 4.78 is 0. The molecule has 0 aliphatic carbocycles. The third-order valence-electron chi connectivity index (χ3n) is 3.80. The maximum atomic E-state index is 12.4. The van der Waals surface area contributed by atoms with E-state index in [1.807, 2.05) is 30.3 Å². The molecule has 0 aliphatic heterocycles. The second-order valence-corrected chi connectivity index (χ2v) is 5.65. The Balaban J connectivity index is 2.15. The van der Waals surface area contributed by atoms with Crippen LogP contribution in [0.3, 0.4) is 0 Å². The second-order valence-electron chi connectivity index (χ2n) is 5.65. The molecule has 5 heteroatoms. The van der Waals surface area contributed by atoms with Gasteiger partial charge in [-0.2, -0.15) is 0 Å². The minimum atomic E-state index is -0.239. The van der Waals surface area contributed by atoms with E-state index in [0.717, 1.165) is 30.2 Å². The Hall–Kier alpha value is -2.43. The number of carbonyl (C=O) groups excluding carboxylic acids is 1. The molecule has 0 spiro atoms. The minimum Gasteiger partial charge on any atom is -0.356 e. The van der Waals surface area contributed by atoms with Gasteiger partial charge in [0.2, 0.25) is 0 Å². The summed E-state index contributed by atoms with van der Waals surface area (Å²) in [6.07, 6.45) is 0. The van der Waals surface area contributed by atoms with Crippen LogP contribution < -0.4 is 10.2 Å². The number of hydrogen-bond donors (Lipinski definition) is 1. The number of carbonyl (C=O) groups is 1. The number of aromatic nitrogens is 2. The van der Waals surface area contributed by atoms with Crippen molar-refractivity contribution in [3.8, 4) is 0 Å². The van der Waals surface area contributed by atoms with Crippen molar-refractivity contribution in [1.82, 2.24) is 10.2 Å². The summed E-state index contributed by atoms with van der Waals surface area (Å²) in [6.45, 7) is 10.0. The molecular weight excluding hydrogens is 288 g/mol. The standard InChI is InChI=1S/C18H24N4O/c1-5-22(6-2)17-12-11-16(20-21-17)18(23)19-15-10-8-7-9-14(15)13(3)4/h7-13H,5-6H2,1-4H3,(H,19,23). The molecule has 1 N–H and O–H groups in total. The first-order valence-electron chi connectivity index (χ1n) is 8.05. The second kappa shape index (κ2) is 7.72. The summed E-state index contributed by atoms with van der Waals surface area (Å²) in [6, 6.07) is 11.4. The van der Waals surface area contributed by atoms with E-state index in [1.54, 1.807) is 6.07 Å². The van der Waals surface area contributed by atoms with Crippen molar-refractivity contribution >= 4 is 17.4 Å². The van der Waals surface area contributed by atoms with E-state index >= 15 is 0 Å². The van der Waals surface area contributed by atoms with Gasteiger partial charge in [-0.25, -0.2) is 0 Å². The van der Waals surface area contributed by atoms with E-state index in [2.05, 4.69) is 48.1 Å². The summed E-state index contributed by atoms with van der Waals surface area (Å²) >= 11 is 0. The zero-order valence-corrected chi connectivity index (χ0v) is 14.2. The monoisotopic (exact) mass is 312 g/mol. The SMILES string of the molecule is CCN(CC)c1ccc(C(=O)Nc2ccccc2C(C)C)nn1. The molecule has 0 fully saturated rings. The minimum absolute atomic E-state index is 0.239. The predicted octanol–water partition coefficient (Wildman–Crippen LogP) is 3.70. The lowest BCUT2D eigenvalue weighted by atomic mass is 10.0. The van der Waals surface area contributed by atoms with Gasteiger partial charge in [0, 0.05) is 18.8 Å². The Labute approximate surface area is 137 Å². The summed E-state index contributed by atoms with van der Waals surface area (Å²) in [5.41, 5.74) is 2.25. The lowest BCUT2D eigenvalue weighted by Crippen LogP contribution is -2.24. The molecular formula is C18H24N4O. The quantitative estimate of drug-likeness (QED) is 0.883. The van der Waals surface area contributed by atoms with Crippen LogP contribution >= 0.6 is 0 Å². The molecule has 0 atom stereocenters. The molecule has 5 nitrogen and oxygen atoms in total. The van der Waals surface area contributed by atoms with Gasteiger partial charge in [-0.05, 0) is 43.5 Å². The predicted molar refractivity (Wildman–Crippen MR) is 94.1 cm³/mol. The van der Waals surface area contributed by atoms with Crippen LogP contribution in [-0.4, -0.2) is 29.2 Å². The summed E-state index contributed by atoms with van der Waals surface area (Å²) in [5, 5.41) is 11.1. The number of nitrogens with zero attached hydrogens (tertiary/aromatic N) is 3. The normalized spacial score (nSPS) is 10.7.